The van der Waals surface area contributed by atoms with E-state index in [9.17, 15) is 8.42 Å². The molecule has 0 aliphatic heterocycles. The zero-order valence-corrected chi connectivity index (χ0v) is 8.49. The lowest BCUT2D eigenvalue weighted by molar-refractivity contribution is 0.609. The summed E-state index contributed by atoms with van der Waals surface area (Å²) in [7, 11) is 1.25. The molecule has 3 nitrogen and oxygen atoms in total. The third-order valence-electron chi connectivity index (χ3n) is 1.31. The van der Waals surface area contributed by atoms with Crippen LogP contribution in [-0.2, 0) is 9.05 Å². The Morgan fingerprint density at radius 3 is 2.38 bits per heavy atom. The zero-order chi connectivity index (χ0) is 10.1. The van der Waals surface area contributed by atoms with Crippen molar-refractivity contribution in [3.63, 3.8) is 0 Å². The smallest absolute Gasteiger partial charge is 0.238 e. The molecule has 0 atom stereocenters. The Balaban J connectivity index is 3.40. The Bertz CT molecular complexity index is 476. The molecule has 13 heavy (non-hydrogen) atoms. The maximum absolute atomic E-state index is 10.9. The summed E-state index contributed by atoms with van der Waals surface area (Å²) in [5.74, 6) is 0. The molecule has 0 aromatic heterocycles. The van der Waals surface area contributed by atoms with Crippen molar-refractivity contribution in [2.24, 2.45) is 0 Å². The molecule has 0 radical (unpaired) electrons. The molecule has 0 aliphatic rings. The van der Waals surface area contributed by atoms with Crippen LogP contribution in [0.2, 0.25) is 5.02 Å². The fourth-order valence-corrected chi connectivity index (χ4v) is 2.28. The van der Waals surface area contributed by atoms with Crippen LogP contribution in [0.5, 0.6) is 0 Å². The monoisotopic (exact) mass is 235 g/mol. The van der Waals surface area contributed by atoms with E-state index in [-0.39, 0.29) is 15.6 Å². The molecule has 0 saturated carbocycles. The Morgan fingerprint density at radius 1 is 1.38 bits per heavy atom. The minimum absolute atomic E-state index is 0.0384. The first-order valence-electron chi connectivity index (χ1n) is 3.07. The lowest BCUT2D eigenvalue weighted by atomic mass is 10.3. The molecule has 0 bridgehead atoms. The second-order valence-electron chi connectivity index (χ2n) is 2.16. The van der Waals surface area contributed by atoms with Gasteiger partial charge in [0.1, 0.15) is 0 Å². The molecule has 0 unspecified atom stereocenters. The van der Waals surface area contributed by atoms with Gasteiger partial charge in [-0.1, -0.05) is 23.7 Å². The van der Waals surface area contributed by atoms with E-state index in [2.05, 4.69) is 4.85 Å². The Kier molecular flexibility index (Phi) is 2.81. The molecule has 6 heteroatoms. The maximum Gasteiger partial charge on any atom is 0.262 e. The predicted molar refractivity (Wildman–Crippen MR) is 50.8 cm³/mol. The van der Waals surface area contributed by atoms with Crippen LogP contribution in [0.1, 0.15) is 0 Å². The number of rotatable bonds is 1. The van der Waals surface area contributed by atoms with Crippen molar-refractivity contribution in [2.45, 2.75) is 4.90 Å². The van der Waals surface area contributed by atoms with Gasteiger partial charge in [-0.25, -0.2) is 13.3 Å². The van der Waals surface area contributed by atoms with E-state index in [1.165, 1.54) is 18.2 Å². The molecule has 0 amide bonds. The molecule has 0 N–H and O–H groups in total. The van der Waals surface area contributed by atoms with Crippen LogP contribution in [0.15, 0.2) is 23.1 Å². The van der Waals surface area contributed by atoms with Gasteiger partial charge in [0.2, 0.25) is 0 Å². The Labute approximate surface area is 85.1 Å². The van der Waals surface area contributed by atoms with Gasteiger partial charge in [0.15, 0.2) is 5.69 Å². The molecule has 1 rings (SSSR count). The van der Waals surface area contributed by atoms with Crippen molar-refractivity contribution in [3.05, 3.63) is 34.6 Å². The van der Waals surface area contributed by atoms with E-state index < -0.39 is 9.05 Å². The normalized spacial score (nSPS) is 10.8. The molecule has 0 saturated heterocycles. The first kappa shape index (κ1) is 10.3. The summed E-state index contributed by atoms with van der Waals surface area (Å²) in [6, 6.07) is 3.80. The first-order chi connectivity index (χ1) is 5.95. The summed E-state index contributed by atoms with van der Waals surface area (Å²) >= 11 is 5.59. The van der Waals surface area contributed by atoms with Crippen LogP contribution in [-0.4, -0.2) is 8.42 Å². The van der Waals surface area contributed by atoms with Gasteiger partial charge in [0.25, 0.3) is 9.05 Å². The minimum Gasteiger partial charge on any atom is -0.238 e. The minimum atomic E-state index is -3.82. The van der Waals surface area contributed by atoms with E-state index >= 15 is 0 Å². The van der Waals surface area contributed by atoms with Crippen LogP contribution in [0.25, 0.3) is 4.85 Å². The van der Waals surface area contributed by atoms with E-state index in [0.717, 1.165) is 0 Å². The van der Waals surface area contributed by atoms with Crippen molar-refractivity contribution >= 4 is 37.0 Å². The third kappa shape index (κ3) is 2.34. The zero-order valence-electron chi connectivity index (χ0n) is 6.16. The lowest BCUT2D eigenvalue weighted by Gasteiger charge is -1.98. The number of hydrogen-bond donors (Lipinski definition) is 0. The molecular weight excluding hydrogens is 233 g/mol. The largest absolute Gasteiger partial charge is 0.262 e. The van der Waals surface area contributed by atoms with E-state index in [4.69, 9.17) is 28.9 Å². The Morgan fingerprint density at radius 2 is 2.00 bits per heavy atom. The van der Waals surface area contributed by atoms with Gasteiger partial charge in [0, 0.05) is 10.7 Å². The summed E-state index contributed by atoms with van der Waals surface area (Å²) in [6.45, 7) is 6.65. The van der Waals surface area contributed by atoms with Crippen LogP contribution >= 0.6 is 22.3 Å². The fraction of sp³-hybridized carbons (Fsp3) is 0. The van der Waals surface area contributed by atoms with Crippen molar-refractivity contribution < 1.29 is 8.42 Å². The highest BCUT2D eigenvalue weighted by molar-refractivity contribution is 8.13. The molecule has 1 aromatic rings. The predicted octanol–water partition coefficient (Wildman–Crippen LogP) is 2.82. The van der Waals surface area contributed by atoms with Gasteiger partial charge >= 0.3 is 0 Å². The summed E-state index contributed by atoms with van der Waals surface area (Å²) in [4.78, 5) is 2.90. The standard InChI is InChI=1S/C7H3Cl2NO2S/c1-10-5-2-3-7(6(8)4-5)13(9,11)12/h2-4H. The molecule has 1 aromatic carbocycles. The highest BCUT2D eigenvalue weighted by Crippen LogP contribution is 2.28. The summed E-state index contributed by atoms with van der Waals surface area (Å²) < 4.78 is 21.7. The van der Waals surface area contributed by atoms with Crippen LogP contribution in [0, 0.1) is 6.57 Å². The number of halogens is 2. The Hall–Kier alpha value is -0.760. The summed E-state index contributed by atoms with van der Waals surface area (Å²) in [5, 5.41) is -0.0384. The highest BCUT2D eigenvalue weighted by atomic mass is 35.7. The average molecular weight is 236 g/mol. The quantitative estimate of drug-likeness (QED) is 0.555. The first-order valence-corrected chi connectivity index (χ1v) is 5.75. The van der Waals surface area contributed by atoms with Gasteiger partial charge in [-0.15, -0.1) is 0 Å². The van der Waals surface area contributed by atoms with Crippen LogP contribution < -0.4 is 0 Å². The molecule has 0 fully saturated rings. The number of benzene rings is 1. The van der Waals surface area contributed by atoms with E-state index in [0.29, 0.717) is 0 Å². The lowest BCUT2D eigenvalue weighted by Crippen LogP contribution is -1.90. The molecular formula is C7H3Cl2NO2S. The van der Waals surface area contributed by atoms with Crippen LogP contribution in [0.4, 0.5) is 5.69 Å². The topological polar surface area (TPSA) is 38.5 Å². The van der Waals surface area contributed by atoms with E-state index in [1.54, 1.807) is 0 Å². The fourth-order valence-electron chi connectivity index (χ4n) is 0.757. The summed E-state index contributed by atoms with van der Waals surface area (Å²) in [6.07, 6.45) is 0. The molecule has 0 heterocycles. The maximum atomic E-state index is 10.9. The van der Waals surface area contributed by atoms with Gasteiger partial charge in [-0.3, -0.25) is 0 Å². The van der Waals surface area contributed by atoms with Gasteiger partial charge in [-0.2, -0.15) is 0 Å². The van der Waals surface area contributed by atoms with Gasteiger partial charge in [-0.05, 0) is 6.07 Å². The van der Waals surface area contributed by atoms with Gasteiger partial charge in [0.05, 0.1) is 16.5 Å². The third-order valence-corrected chi connectivity index (χ3v) is 3.11. The van der Waals surface area contributed by atoms with Crippen molar-refractivity contribution in [1.29, 1.82) is 0 Å². The highest BCUT2D eigenvalue weighted by Gasteiger charge is 2.14. The second-order valence-corrected chi connectivity index (χ2v) is 5.11. The number of nitrogens with zero attached hydrogens (tertiary/aromatic N) is 1. The SMILES string of the molecule is [C-]#[N+]c1ccc(S(=O)(=O)Cl)c(Cl)c1. The van der Waals surface area contributed by atoms with Crippen LogP contribution in [0.3, 0.4) is 0 Å². The summed E-state index contributed by atoms with van der Waals surface area (Å²) in [5.41, 5.74) is 0.272. The van der Waals surface area contributed by atoms with Crippen molar-refractivity contribution in [1.82, 2.24) is 0 Å². The molecule has 68 valence electrons. The van der Waals surface area contributed by atoms with Gasteiger partial charge < -0.3 is 0 Å². The average Bonchev–Trinajstić information content (AvgIpc) is 2.01. The van der Waals surface area contributed by atoms with E-state index in [1.807, 2.05) is 0 Å². The second kappa shape index (κ2) is 3.54. The number of hydrogen-bond acceptors (Lipinski definition) is 2. The molecule has 0 spiro atoms. The molecule has 0 aliphatic carbocycles. The van der Waals surface area contributed by atoms with Crippen molar-refractivity contribution in [3.8, 4) is 0 Å². The van der Waals surface area contributed by atoms with Crippen molar-refractivity contribution in [2.75, 3.05) is 0 Å².